The highest BCUT2D eigenvalue weighted by atomic mass is 16.5. The molecule has 0 unspecified atom stereocenters. The van der Waals surface area contributed by atoms with Crippen molar-refractivity contribution in [2.24, 2.45) is 0 Å². The first-order chi connectivity index (χ1) is 13.7. The highest BCUT2D eigenvalue weighted by molar-refractivity contribution is 5.92. The molecule has 0 aliphatic carbocycles. The summed E-state index contributed by atoms with van der Waals surface area (Å²) in [5.74, 6) is 1.53. The van der Waals surface area contributed by atoms with Gasteiger partial charge >= 0.3 is 0 Å². The predicted octanol–water partition coefficient (Wildman–Crippen LogP) is 2.44. The minimum absolute atomic E-state index is 0.00459. The van der Waals surface area contributed by atoms with E-state index in [2.05, 4.69) is 31.9 Å². The molecule has 148 valence electrons. The lowest BCUT2D eigenvalue weighted by Crippen LogP contribution is -2.49. The van der Waals surface area contributed by atoms with Crippen molar-refractivity contribution >= 4 is 17.5 Å². The van der Waals surface area contributed by atoms with Crippen LogP contribution < -0.4 is 14.5 Å². The number of benzene rings is 1. The van der Waals surface area contributed by atoms with Crippen LogP contribution in [0.5, 0.6) is 5.75 Å². The molecule has 1 aromatic heterocycles. The Morgan fingerprint density at radius 2 is 1.61 bits per heavy atom. The van der Waals surface area contributed by atoms with Gasteiger partial charge in [0, 0.05) is 51.2 Å². The maximum atomic E-state index is 12.9. The fraction of sp³-hybridized carbons (Fsp3) is 0.476. The van der Waals surface area contributed by atoms with E-state index in [1.54, 1.807) is 19.4 Å². The largest absolute Gasteiger partial charge is 0.497 e. The second-order valence-electron chi connectivity index (χ2n) is 7.27. The second-order valence-corrected chi connectivity index (χ2v) is 7.27. The van der Waals surface area contributed by atoms with E-state index < -0.39 is 0 Å². The van der Waals surface area contributed by atoms with Gasteiger partial charge in [0.15, 0.2) is 0 Å². The Morgan fingerprint density at radius 1 is 0.893 bits per heavy atom. The van der Waals surface area contributed by atoms with Gasteiger partial charge in [-0.2, -0.15) is 0 Å². The van der Waals surface area contributed by atoms with Crippen molar-refractivity contribution in [1.82, 2.24) is 14.9 Å². The van der Waals surface area contributed by atoms with Crippen LogP contribution in [-0.2, 0) is 0 Å². The lowest BCUT2D eigenvalue weighted by atomic mass is 10.1. The molecule has 28 heavy (non-hydrogen) atoms. The van der Waals surface area contributed by atoms with Crippen molar-refractivity contribution in [2.45, 2.75) is 19.3 Å². The molecule has 0 saturated carbocycles. The smallest absolute Gasteiger partial charge is 0.272 e. The monoisotopic (exact) mass is 381 g/mol. The summed E-state index contributed by atoms with van der Waals surface area (Å²) >= 11 is 0. The molecule has 7 nitrogen and oxygen atoms in total. The maximum Gasteiger partial charge on any atom is 0.272 e. The van der Waals surface area contributed by atoms with Gasteiger partial charge in [-0.25, -0.2) is 9.97 Å². The third kappa shape index (κ3) is 4.03. The van der Waals surface area contributed by atoms with E-state index in [1.807, 2.05) is 17.0 Å². The quantitative estimate of drug-likeness (QED) is 0.811. The van der Waals surface area contributed by atoms with Gasteiger partial charge in [-0.05, 0) is 49.6 Å². The molecule has 1 aromatic carbocycles. The van der Waals surface area contributed by atoms with Crippen LogP contribution in [0.2, 0.25) is 0 Å². The molecule has 2 saturated heterocycles. The highest BCUT2D eigenvalue weighted by Gasteiger charge is 2.24. The molecule has 0 atom stereocenters. The van der Waals surface area contributed by atoms with Crippen molar-refractivity contribution in [1.29, 1.82) is 0 Å². The number of methoxy groups -OCH3 is 1. The Kier molecular flexibility index (Phi) is 5.60. The van der Waals surface area contributed by atoms with Crippen molar-refractivity contribution in [2.75, 3.05) is 56.2 Å². The van der Waals surface area contributed by atoms with Gasteiger partial charge in [-0.1, -0.05) is 0 Å². The highest BCUT2D eigenvalue weighted by Crippen LogP contribution is 2.21. The Labute approximate surface area is 165 Å². The van der Waals surface area contributed by atoms with Gasteiger partial charge in [0.2, 0.25) is 5.95 Å². The average molecular weight is 381 g/mol. The topological polar surface area (TPSA) is 61.8 Å². The van der Waals surface area contributed by atoms with Crippen LogP contribution in [0.1, 0.15) is 29.8 Å². The molecular formula is C21H27N5O2. The maximum absolute atomic E-state index is 12.9. The van der Waals surface area contributed by atoms with E-state index in [1.165, 1.54) is 6.42 Å². The summed E-state index contributed by atoms with van der Waals surface area (Å²) < 4.78 is 5.22. The SMILES string of the molecule is COc1ccc(N2CCN(C(=O)c3ccnc(N4CCCCC4)n3)CC2)cc1. The molecule has 0 spiro atoms. The molecule has 4 rings (SSSR count). The van der Waals surface area contributed by atoms with Crippen LogP contribution in [0.4, 0.5) is 11.6 Å². The number of ether oxygens (including phenoxy) is 1. The van der Waals surface area contributed by atoms with E-state index in [0.29, 0.717) is 24.7 Å². The van der Waals surface area contributed by atoms with Gasteiger partial charge in [0.05, 0.1) is 7.11 Å². The number of carbonyl (C=O) groups is 1. The van der Waals surface area contributed by atoms with Gasteiger partial charge in [0.25, 0.3) is 5.91 Å². The number of nitrogens with zero attached hydrogens (tertiary/aromatic N) is 5. The number of amides is 1. The minimum Gasteiger partial charge on any atom is -0.497 e. The van der Waals surface area contributed by atoms with Crippen LogP contribution in [-0.4, -0.2) is 67.2 Å². The number of anilines is 2. The molecule has 2 aromatic rings. The van der Waals surface area contributed by atoms with E-state index in [-0.39, 0.29) is 5.91 Å². The van der Waals surface area contributed by atoms with Gasteiger partial charge in [-0.3, -0.25) is 4.79 Å². The number of piperazine rings is 1. The molecule has 2 aliphatic rings. The predicted molar refractivity (Wildman–Crippen MR) is 109 cm³/mol. The normalized spacial score (nSPS) is 17.5. The third-order valence-electron chi connectivity index (χ3n) is 5.51. The number of carbonyl (C=O) groups excluding carboxylic acids is 1. The summed E-state index contributed by atoms with van der Waals surface area (Å²) in [4.78, 5) is 28.3. The van der Waals surface area contributed by atoms with Crippen molar-refractivity contribution in [3.8, 4) is 5.75 Å². The van der Waals surface area contributed by atoms with Crippen molar-refractivity contribution in [3.05, 3.63) is 42.2 Å². The molecule has 7 heteroatoms. The third-order valence-corrected chi connectivity index (χ3v) is 5.51. The first kappa shape index (κ1) is 18.5. The molecule has 0 radical (unpaired) electrons. The van der Waals surface area contributed by atoms with Crippen LogP contribution in [0.3, 0.4) is 0 Å². The van der Waals surface area contributed by atoms with E-state index >= 15 is 0 Å². The molecule has 0 bridgehead atoms. The van der Waals surface area contributed by atoms with E-state index in [0.717, 1.165) is 50.5 Å². The fourth-order valence-electron chi connectivity index (χ4n) is 3.84. The Hall–Kier alpha value is -2.83. The lowest BCUT2D eigenvalue weighted by Gasteiger charge is -2.36. The Morgan fingerprint density at radius 3 is 2.29 bits per heavy atom. The van der Waals surface area contributed by atoms with Crippen LogP contribution in [0.25, 0.3) is 0 Å². The van der Waals surface area contributed by atoms with Gasteiger partial charge in [0.1, 0.15) is 11.4 Å². The zero-order chi connectivity index (χ0) is 19.3. The first-order valence-corrected chi connectivity index (χ1v) is 10.0. The summed E-state index contributed by atoms with van der Waals surface area (Å²) in [6, 6.07) is 9.79. The van der Waals surface area contributed by atoms with E-state index in [4.69, 9.17) is 4.74 Å². The molecule has 1 amide bonds. The standard InChI is InChI=1S/C21H27N5O2/c1-28-18-7-5-17(6-8-18)24-13-15-25(16-14-24)20(27)19-9-10-22-21(23-19)26-11-3-2-4-12-26/h5-10H,2-4,11-16H2,1H3. The summed E-state index contributed by atoms with van der Waals surface area (Å²) in [7, 11) is 1.67. The number of piperidine rings is 1. The number of rotatable bonds is 4. The molecule has 2 fully saturated rings. The zero-order valence-corrected chi connectivity index (χ0v) is 16.4. The minimum atomic E-state index is -0.00459. The Balaban J connectivity index is 1.38. The Bertz CT molecular complexity index is 797. The molecule has 0 N–H and O–H groups in total. The fourth-order valence-corrected chi connectivity index (χ4v) is 3.84. The average Bonchev–Trinajstić information content (AvgIpc) is 2.79. The van der Waals surface area contributed by atoms with Crippen LogP contribution >= 0.6 is 0 Å². The first-order valence-electron chi connectivity index (χ1n) is 10.0. The zero-order valence-electron chi connectivity index (χ0n) is 16.4. The summed E-state index contributed by atoms with van der Waals surface area (Å²) in [6.45, 7) is 4.93. The van der Waals surface area contributed by atoms with Crippen LogP contribution in [0, 0.1) is 0 Å². The molecular weight excluding hydrogens is 354 g/mol. The number of hydrogen-bond acceptors (Lipinski definition) is 6. The van der Waals surface area contributed by atoms with Crippen LogP contribution in [0.15, 0.2) is 36.5 Å². The lowest BCUT2D eigenvalue weighted by molar-refractivity contribution is 0.0740. The van der Waals surface area contributed by atoms with Gasteiger partial charge < -0.3 is 19.4 Å². The van der Waals surface area contributed by atoms with Crippen molar-refractivity contribution in [3.63, 3.8) is 0 Å². The summed E-state index contributed by atoms with van der Waals surface area (Å²) in [5, 5.41) is 0. The summed E-state index contributed by atoms with van der Waals surface area (Å²) in [6.07, 6.45) is 5.29. The second kappa shape index (κ2) is 8.46. The van der Waals surface area contributed by atoms with Crippen molar-refractivity contribution < 1.29 is 9.53 Å². The molecule has 2 aliphatic heterocycles. The number of hydrogen-bond donors (Lipinski definition) is 0. The van der Waals surface area contributed by atoms with E-state index in [9.17, 15) is 4.79 Å². The van der Waals surface area contributed by atoms with Gasteiger partial charge in [-0.15, -0.1) is 0 Å². The molecule has 3 heterocycles. The summed E-state index contributed by atoms with van der Waals surface area (Å²) in [5.41, 5.74) is 1.65. The number of aromatic nitrogens is 2.